The largest absolute Gasteiger partial charge is 0.365 e. The number of benzene rings is 1. The number of nitrogens with two attached hydrogens (primary N) is 1. The van der Waals surface area contributed by atoms with Crippen molar-refractivity contribution in [2.45, 2.75) is 17.1 Å². The Morgan fingerprint density at radius 3 is 2.48 bits per heavy atom. The van der Waals surface area contributed by atoms with Gasteiger partial charge in [0.25, 0.3) is 5.91 Å². The molecule has 1 aromatic carbocycles. The summed E-state index contributed by atoms with van der Waals surface area (Å²) in [5, 5.41) is 5.23. The molecule has 0 spiro atoms. The SMILES string of the molecule is CC(Sc1csc(NC(=O)N(C)C)c1C(N)=O)c1ccccc1. The Labute approximate surface area is 143 Å². The van der Waals surface area contributed by atoms with Crippen LogP contribution in [0, 0.1) is 0 Å². The Hall–Kier alpha value is -1.99. The van der Waals surface area contributed by atoms with Gasteiger partial charge in [0.2, 0.25) is 0 Å². The van der Waals surface area contributed by atoms with E-state index >= 15 is 0 Å². The molecule has 2 aromatic rings. The van der Waals surface area contributed by atoms with Gasteiger partial charge >= 0.3 is 6.03 Å². The lowest BCUT2D eigenvalue weighted by atomic mass is 10.2. The summed E-state index contributed by atoms with van der Waals surface area (Å²) in [4.78, 5) is 25.8. The molecule has 0 aliphatic rings. The smallest absolute Gasteiger partial charge is 0.321 e. The molecule has 3 N–H and O–H groups in total. The maximum absolute atomic E-state index is 11.8. The van der Waals surface area contributed by atoms with E-state index in [1.165, 1.54) is 16.2 Å². The fraction of sp³-hybridized carbons (Fsp3) is 0.250. The van der Waals surface area contributed by atoms with E-state index in [1.807, 2.05) is 35.7 Å². The topological polar surface area (TPSA) is 75.4 Å². The minimum Gasteiger partial charge on any atom is -0.365 e. The Balaban J connectivity index is 2.24. The minimum absolute atomic E-state index is 0.168. The van der Waals surface area contributed by atoms with E-state index < -0.39 is 5.91 Å². The third-order valence-electron chi connectivity index (χ3n) is 3.20. The molecule has 1 aromatic heterocycles. The molecule has 5 nitrogen and oxygen atoms in total. The van der Waals surface area contributed by atoms with Crippen LogP contribution in [-0.4, -0.2) is 30.9 Å². The van der Waals surface area contributed by atoms with Crippen molar-refractivity contribution in [1.29, 1.82) is 0 Å². The van der Waals surface area contributed by atoms with E-state index in [1.54, 1.807) is 25.9 Å². The second-order valence-corrected chi connectivity index (χ2v) is 7.43. The molecule has 0 saturated carbocycles. The van der Waals surface area contributed by atoms with Crippen LogP contribution in [0.3, 0.4) is 0 Å². The molecule has 7 heteroatoms. The number of nitrogens with zero attached hydrogens (tertiary/aromatic N) is 1. The van der Waals surface area contributed by atoms with E-state index in [0.29, 0.717) is 10.6 Å². The van der Waals surface area contributed by atoms with Crippen LogP contribution >= 0.6 is 23.1 Å². The van der Waals surface area contributed by atoms with Crippen molar-refractivity contribution in [2.75, 3.05) is 19.4 Å². The molecule has 3 amide bonds. The van der Waals surface area contributed by atoms with Gasteiger partial charge in [-0.2, -0.15) is 0 Å². The van der Waals surface area contributed by atoms with Gasteiger partial charge in [-0.25, -0.2) is 4.79 Å². The lowest BCUT2D eigenvalue weighted by Crippen LogP contribution is -2.28. The normalized spacial score (nSPS) is 11.8. The molecule has 0 aliphatic carbocycles. The number of amides is 3. The fourth-order valence-corrected chi connectivity index (χ4v) is 4.19. The van der Waals surface area contributed by atoms with Gasteiger partial charge in [0.1, 0.15) is 5.00 Å². The first kappa shape index (κ1) is 17.4. The van der Waals surface area contributed by atoms with Gasteiger partial charge in [0.05, 0.1) is 5.56 Å². The van der Waals surface area contributed by atoms with E-state index in [2.05, 4.69) is 12.2 Å². The zero-order valence-corrected chi connectivity index (χ0v) is 14.8. The quantitative estimate of drug-likeness (QED) is 0.806. The molecule has 0 aliphatic heterocycles. The molecular weight excluding hydrogens is 330 g/mol. The molecule has 2 rings (SSSR count). The van der Waals surface area contributed by atoms with E-state index in [9.17, 15) is 9.59 Å². The molecule has 122 valence electrons. The second-order valence-electron chi connectivity index (χ2n) is 5.16. The number of rotatable bonds is 5. The first-order valence-electron chi connectivity index (χ1n) is 7.01. The number of anilines is 1. The molecule has 0 radical (unpaired) electrons. The number of carbonyl (C=O) groups is 2. The van der Waals surface area contributed by atoms with E-state index in [0.717, 1.165) is 10.5 Å². The summed E-state index contributed by atoms with van der Waals surface area (Å²) in [7, 11) is 3.28. The highest BCUT2D eigenvalue weighted by Gasteiger charge is 2.21. The predicted octanol–water partition coefficient (Wildman–Crippen LogP) is 3.79. The Morgan fingerprint density at radius 1 is 1.26 bits per heavy atom. The van der Waals surface area contributed by atoms with Crippen molar-refractivity contribution < 1.29 is 9.59 Å². The molecule has 0 bridgehead atoms. The van der Waals surface area contributed by atoms with E-state index in [4.69, 9.17) is 5.73 Å². The molecular formula is C16H19N3O2S2. The van der Waals surface area contributed by atoms with Crippen molar-refractivity contribution >= 4 is 40.0 Å². The molecule has 1 heterocycles. The molecule has 0 saturated heterocycles. The number of hydrogen-bond acceptors (Lipinski definition) is 4. The van der Waals surface area contributed by atoms with Crippen LogP contribution in [0.15, 0.2) is 40.6 Å². The van der Waals surface area contributed by atoms with Crippen LogP contribution in [0.2, 0.25) is 0 Å². The fourth-order valence-electron chi connectivity index (χ4n) is 1.95. The number of thiophene rings is 1. The van der Waals surface area contributed by atoms with Gasteiger partial charge < -0.3 is 10.6 Å². The van der Waals surface area contributed by atoms with Crippen molar-refractivity contribution in [3.63, 3.8) is 0 Å². The summed E-state index contributed by atoms with van der Waals surface area (Å²) < 4.78 is 0. The summed E-state index contributed by atoms with van der Waals surface area (Å²) >= 11 is 2.86. The molecule has 1 atom stereocenters. The van der Waals surface area contributed by atoms with Gasteiger partial charge in [0.15, 0.2) is 0 Å². The van der Waals surface area contributed by atoms with Crippen LogP contribution in [0.5, 0.6) is 0 Å². The van der Waals surface area contributed by atoms with Gasteiger partial charge in [-0.1, -0.05) is 30.3 Å². The predicted molar refractivity (Wildman–Crippen MR) is 96.3 cm³/mol. The standard InChI is InChI=1S/C16H19N3O2S2/c1-10(11-7-5-4-6-8-11)23-12-9-22-15(13(12)14(17)20)18-16(21)19(2)3/h4-10H,1-3H3,(H2,17,20)(H,18,21). The van der Waals surface area contributed by atoms with Crippen LogP contribution in [-0.2, 0) is 0 Å². The summed E-state index contributed by atoms with van der Waals surface area (Å²) in [6, 6.07) is 9.73. The highest BCUT2D eigenvalue weighted by atomic mass is 32.2. The first-order valence-corrected chi connectivity index (χ1v) is 8.77. The maximum atomic E-state index is 11.8. The Kier molecular flexibility index (Phi) is 5.68. The number of urea groups is 1. The minimum atomic E-state index is -0.539. The number of carbonyl (C=O) groups excluding carboxylic acids is 2. The number of thioether (sulfide) groups is 1. The lowest BCUT2D eigenvalue weighted by molar-refractivity contribution is 0.0999. The third kappa shape index (κ3) is 4.27. The summed E-state index contributed by atoms with van der Waals surface area (Å²) in [5.74, 6) is -0.539. The number of primary amides is 1. The summed E-state index contributed by atoms with van der Waals surface area (Å²) in [5.41, 5.74) is 7.05. The molecule has 23 heavy (non-hydrogen) atoms. The van der Waals surface area contributed by atoms with Gasteiger partial charge in [-0.15, -0.1) is 23.1 Å². The highest BCUT2D eigenvalue weighted by molar-refractivity contribution is 7.99. The Morgan fingerprint density at radius 2 is 1.91 bits per heavy atom. The zero-order valence-electron chi connectivity index (χ0n) is 13.2. The number of hydrogen-bond donors (Lipinski definition) is 2. The summed E-state index contributed by atoms with van der Waals surface area (Å²) in [6.45, 7) is 2.07. The first-order chi connectivity index (χ1) is 10.9. The third-order valence-corrected chi connectivity index (χ3v) is 5.45. The average molecular weight is 349 g/mol. The monoisotopic (exact) mass is 349 g/mol. The van der Waals surface area contributed by atoms with Gasteiger partial charge in [-0.05, 0) is 12.5 Å². The average Bonchev–Trinajstić information content (AvgIpc) is 2.90. The van der Waals surface area contributed by atoms with Gasteiger partial charge in [-0.3, -0.25) is 10.1 Å². The van der Waals surface area contributed by atoms with Gasteiger partial charge in [0, 0.05) is 29.6 Å². The van der Waals surface area contributed by atoms with Crippen molar-refractivity contribution in [2.24, 2.45) is 5.73 Å². The second kappa shape index (κ2) is 7.52. The maximum Gasteiger partial charge on any atom is 0.321 e. The molecule has 1 unspecified atom stereocenters. The van der Waals surface area contributed by atoms with Crippen molar-refractivity contribution in [3.05, 3.63) is 46.8 Å². The highest BCUT2D eigenvalue weighted by Crippen LogP contribution is 2.41. The van der Waals surface area contributed by atoms with Crippen molar-refractivity contribution in [1.82, 2.24) is 4.90 Å². The van der Waals surface area contributed by atoms with Crippen LogP contribution in [0.4, 0.5) is 9.80 Å². The van der Waals surface area contributed by atoms with Crippen molar-refractivity contribution in [3.8, 4) is 0 Å². The number of nitrogens with one attached hydrogen (secondary N) is 1. The molecule has 0 fully saturated rings. The lowest BCUT2D eigenvalue weighted by Gasteiger charge is -2.13. The zero-order chi connectivity index (χ0) is 17.0. The Bertz CT molecular complexity index is 699. The van der Waals surface area contributed by atoms with E-state index in [-0.39, 0.29) is 11.3 Å². The van der Waals surface area contributed by atoms with Crippen LogP contribution in [0.1, 0.15) is 28.1 Å². The van der Waals surface area contributed by atoms with Crippen LogP contribution in [0.25, 0.3) is 0 Å². The van der Waals surface area contributed by atoms with Crippen LogP contribution < -0.4 is 11.1 Å². The summed E-state index contributed by atoms with van der Waals surface area (Å²) in [6.07, 6.45) is 0.